The van der Waals surface area contributed by atoms with E-state index in [0.717, 1.165) is 16.8 Å². The van der Waals surface area contributed by atoms with Gasteiger partial charge in [0, 0.05) is 30.7 Å². The normalized spacial score (nSPS) is 16.8. The summed E-state index contributed by atoms with van der Waals surface area (Å²) in [6, 6.07) is 8.59. The molecule has 0 radical (unpaired) electrons. The van der Waals surface area contributed by atoms with Gasteiger partial charge >= 0.3 is 5.97 Å². The largest absolute Gasteiger partial charge is 0.497 e. The number of amides is 1. The fraction of sp³-hybridized carbons (Fsp3) is 0.280. The first-order valence-corrected chi connectivity index (χ1v) is 11.7. The van der Waals surface area contributed by atoms with Gasteiger partial charge in [0.1, 0.15) is 11.5 Å². The highest BCUT2D eigenvalue weighted by atomic mass is 32.2. The third kappa shape index (κ3) is 5.17. The molecule has 0 saturated heterocycles. The minimum absolute atomic E-state index is 0.109. The summed E-state index contributed by atoms with van der Waals surface area (Å²) in [5.41, 5.74) is 3.31. The van der Waals surface area contributed by atoms with Crippen LogP contribution in [0.2, 0.25) is 0 Å². The number of thioether (sulfide) groups is 1. The number of nitrogens with zero attached hydrogens (tertiary/aromatic N) is 3. The number of aliphatic imine (C=N–C) groups is 1. The monoisotopic (exact) mass is 494 g/mol. The van der Waals surface area contributed by atoms with Crippen LogP contribution < -0.4 is 14.8 Å². The number of benzene rings is 1. The molecule has 0 aliphatic carbocycles. The summed E-state index contributed by atoms with van der Waals surface area (Å²) in [7, 11) is 4.48. The van der Waals surface area contributed by atoms with E-state index in [4.69, 9.17) is 14.2 Å². The highest BCUT2D eigenvalue weighted by Crippen LogP contribution is 2.46. The second-order valence-electron chi connectivity index (χ2n) is 7.85. The lowest BCUT2D eigenvalue weighted by atomic mass is 9.93. The van der Waals surface area contributed by atoms with Crippen LogP contribution in [0.25, 0.3) is 0 Å². The van der Waals surface area contributed by atoms with Crippen LogP contribution in [-0.2, 0) is 20.9 Å². The standard InChI is InChI=1S/C25H26N4O5S/c1-15-22(24(31)34-4)23(17-8-19(32-2)11-20(9-17)33-3)29-18(14-35-25(29)28-15)10-21(30)27-13-16-6-5-7-26-12-16/h5-9,11-12,14,23H,10,13H2,1-4H3,(H,27,30). The number of fused-ring (bicyclic) bond motifs is 1. The number of esters is 1. The van der Waals surface area contributed by atoms with Crippen molar-refractivity contribution >= 4 is 28.8 Å². The van der Waals surface area contributed by atoms with Crippen LogP contribution in [0, 0.1) is 0 Å². The van der Waals surface area contributed by atoms with Gasteiger partial charge in [-0.2, -0.15) is 0 Å². The van der Waals surface area contributed by atoms with Gasteiger partial charge < -0.3 is 24.4 Å². The van der Waals surface area contributed by atoms with Crippen LogP contribution in [-0.4, -0.2) is 48.3 Å². The van der Waals surface area contributed by atoms with Gasteiger partial charge in [0.15, 0.2) is 5.17 Å². The number of rotatable bonds is 8. The molecule has 4 rings (SSSR count). The zero-order valence-corrected chi connectivity index (χ0v) is 20.7. The Balaban J connectivity index is 1.67. The first-order chi connectivity index (χ1) is 16.9. The fourth-order valence-corrected chi connectivity index (χ4v) is 4.94. The molecule has 35 heavy (non-hydrogen) atoms. The van der Waals surface area contributed by atoms with Crippen molar-refractivity contribution in [2.45, 2.75) is 25.9 Å². The van der Waals surface area contributed by atoms with Gasteiger partial charge in [-0.1, -0.05) is 17.8 Å². The molecule has 3 heterocycles. The average Bonchev–Trinajstić information content (AvgIpc) is 3.27. The first kappa shape index (κ1) is 24.3. The number of amidine groups is 1. The van der Waals surface area contributed by atoms with Crippen molar-refractivity contribution in [3.8, 4) is 11.5 Å². The highest BCUT2D eigenvalue weighted by molar-refractivity contribution is 8.16. The van der Waals surface area contributed by atoms with Gasteiger partial charge in [0.25, 0.3) is 0 Å². The van der Waals surface area contributed by atoms with Gasteiger partial charge in [-0.25, -0.2) is 9.79 Å². The minimum atomic E-state index is -0.577. The van der Waals surface area contributed by atoms with E-state index in [1.54, 1.807) is 39.6 Å². The van der Waals surface area contributed by atoms with E-state index in [2.05, 4.69) is 15.3 Å². The lowest BCUT2D eigenvalue weighted by molar-refractivity contribution is -0.136. The topological polar surface area (TPSA) is 102 Å². The molecule has 1 unspecified atom stereocenters. The van der Waals surface area contributed by atoms with Gasteiger partial charge in [-0.15, -0.1) is 0 Å². The summed E-state index contributed by atoms with van der Waals surface area (Å²) < 4.78 is 16.0. The summed E-state index contributed by atoms with van der Waals surface area (Å²) in [6.45, 7) is 2.15. The van der Waals surface area contributed by atoms with Crippen molar-refractivity contribution in [3.63, 3.8) is 0 Å². The molecule has 2 aromatic rings. The summed E-state index contributed by atoms with van der Waals surface area (Å²) in [6.07, 6.45) is 3.51. The number of aromatic nitrogens is 1. The average molecular weight is 495 g/mol. The molecule has 0 spiro atoms. The van der Waals surface area contributed by atoms with Crippen LogP contribution in [0.4, 0.5) is 0 Å². The quantitative estimate of drug-likeness (QED) is 0.556. The molecule has 0 saturated carbocycles. The van der Waals surface area contributed by atoms with Gasteiger partial charge in [0.2, 0.25) is 5.91 Å². The Hall–Kier alpha value is -3.79. The Bertz CT molecular complexity index is 1200. The van der Waals surface area contributed by atoms with Crippen LogP contribution in [0.5, 0.6) is 11.5 Å². The molecule has 1 atom stereocenters. The fourth-order valence-electron chi connectivity index (χ4n) is 3.97. The molecular formula is C25H26N4O5S. The molecule has 2 aliphatic rings. The predicted molar refractivity (Wildman–Crippen MR) is 133 cm³/mol. The summed E-state index contributed by atoms with van der Waals surface area (Å²) >= 11 is 1.41. The molecule has 0 fully saturated rings. The van der Waals surface area contributed by atoms with Crippen LogP contribution in [0.3, 0.4) is 0 Å². The number of allylic oxidation sites excluding steroid dienone is 1. The zero-order valence-electron chi connectivity index (χ0n) is 19.9. The van der Waals surface area contributed by atoms with E-state index >= 15 is 0 Å². The van der Waals surface area contributed by atoms with E-state index in [9.17, 15) is 9.59 Å². The SMILES string of the molecule is COC(=O)C1=C(C)N=C2SC=C(CC(=O)NCc3cccnc3)N2C1c1cc(OC)cc(OC)c1. The Labute approximate surface area is 207 Å². The van der Waals surface area contributed by atoms with Crippen molar-refractivity contribution in [3.05, 3.63) is 76.2 Å². The van der Waals surface area contributed by atoms with Crippen molar-refractivity contribution in [2.24, 2.45) is 4.99 Å². The third-order valence-corrected chi connectivity index (χ3v) is 6.54. The first-order valence-electron chi connectivity index (χ1n) is 10.9. The lowest BCUT2D eigenvalue weighted by Gasteiger charge is -2.36. The van der Waals surface area contributed by atoms with Gasteiger partial charge in [-0.05, 0) is 41.7 Å². The zero-order chi connectivity index (χ0) is 24.9. The minimum Gasteiger partial charge on any atom is -0.497 e. The van der Waals surface area contributed by atoms with E-state index < -0.39 is 12.0 Å². The number of carbonyl (C=O) groups is 2. The number of nitrogens with one attached hydrogen (secondary N) is 1. The molecule has 1 amide bonds. The molecule has 1 N–H and O–H groups in total. The smallest absolute Gasteiger partial charge is 0.338 e. The maximum absolute atomic E-state index is 12.9. The van der Waals surface area contributed by atoms with E-state index in [1.807, 2.05) is 34.6 Å². The summed E-state index contributed by atoms with van der Waals surface area (Å²) in [5.74, 6) is 0.512. The number of hydrogen-bond donors (Lipinski definition) is 1. The van der Waals surface area contributed by atoms with E-state index in [-0.39, 0.29) is 12.3 Å². The number of hydrogen-bond acceptors (Lipinski definition) is 9. The van der Waals surface area contributed by atoms with Crippen LogP contribution >= 0.6 is 11.8 Å². The molecule has 0 bridgehead atoms. The maximum atomic E-state index is 12.9. The highest BCUT2D eigenvalue weighted by Gasteiger charge is 2.41. The Kier molecular flexibility index (Phi) is 7.40. The summed E-state index contributed by atoms with van der Waals surface area (Å²) in [5, 5.41) is 5.49. The van der Waals surface area contributed by atoms with E-state index in [0.29, 0.717) is 34.5 Å². The number of pyridine rings is 1. The van der Waals surface area contributed by atoms with Crippen molar-refractivity contribution in [1.82, 2.24) is 15.2 Å². The van der Waals surface area contributed by atoms with Gasteiger partial charge in [-0.3, -0.25) is 9.78 Å². The third-order valence-electron chi connectivity index (χ3n) is 5.65. The molecule has 10 heteroatoms. The lowest BCUT2D eigenvalue weighted by Crippen LogP contribution is -2.38. The Morgan fingerprint density at radius 3 is 2.51 bits per heavy atom. The number of ether oxygens (including phenoxy) is 3. The van der Waals surface area contributed by atoms with Crippen LogP contribution in [0.1, 0.15) is 30.5 Å². The molecule has 2 aliphatic heterocycles. The van der Waals surface area contributed by atoms with Crippen molar-refractivity contribution in [2.75, 3.05) is 21.3 Å². The van der Waals surface area contributed by atoms with Crippen molar-refractivity contribution in [1.29, 1.82) is 0 Å². The molecule has 9 nitrogen and oxygen atoms in total. The summed E-state index contributed by atoms with van der Waals surface area (Å²) in [4.78, 5) is 36.3. The number of methoxy groups -OCH3 is 3. The van der Waals surface area contributed by atoms with Crippen LogP contribution in [0.15, 0.2) is 70.1 Å². The Morgan fingerprint density at radius 1 is 1.14 bits per heavy atom. The second-order valence-corrected chi connectivity index (χ2v) is 8.68. The van der Waals surface area contributed by atoms with E-state index in [1.165, 1.54) is 18.9 Å². The molecule has 182 valence electrons. The second kappa shape index (κ2) is 10.6. The predicted octanol–water partition coefficient (Wildman–Crippen LogP) is 3.55. The molecule has 1 aromatic carbocycles. The number of carbonyl (C=O) groups excluding carboxylic acids is 2. The molecule has 1 aromatic heterocycles. The van der Waals surface area contributed by atoms with Crippen molar-refractivity contribution < 1.29 is 23.8 Å². The maximum Gasteiger partial charge on any atom is 0.338 e. The molecular weight excluding hydrogens is 468 g/mol. The van der Waals surface area contributed by atoms with Gasteiger partial charge in [0.05, 0.1) is 45.1 Å². The Morgan fingerprint density at radius 2 is 1.89 bits per heavy atom.